The molecule has 4 heteroatoms. The summed E-state index contributed by atoms with van der Waals surface area (Å²) in [6, 6.07) is 2.62. The molecule has 0 aliphatic carbocycles. The van der Waals surface area contributed by atoms with E-state index >= 15 is 0 Å². The smallest absolute Gasteiger partial charge is 0.118 e. The van der Waals surface area contributed by atoms with Gasteiger partial charge in [0.1, 0.15) is 11.5 Å². The van der Waals surface area contributed by atoms with Crippen LogP contribution in [0.2, 0.25) is 0 Å². The van der Waals surface area contributed by atoms with E-state index in [1.165, 1.54) is 0 Å². The van der Waals surface area contributed by atoms with E-state index in [-0.39, 0.29) is 0 Å². The van der Waals surface area contributed by atoms with Crippen LogP contribution in [0.15, 0.2) is 10.5 Å². The molecule has 3 nitrogen and oxygen atoms in total. The Hall–Kier alpha value is -0.450. The fraction of sp³-hybridized carbons (Fsp3) is 0.667. The Labute approximate surface area is 102 Å². The highest BCUT2D eigenvalue weighted by molar-refractivity contribution is 7.98. The van der Waals surface area contributed by atoms with Gasteiger partial charge in [-0.2, -0.15) is 11.8 Å². The molecule has 1 unspecified atom stereocenters. The van der Waals surface area contributed by atoms with Crippen molar-refractivity contribution < 1.29 is 4.42 Å². The van der Waals surface area contributed by atoms with E-state index in [0.29, 0.717) is 12.6 Å². The van der Waals surface area contributed by atoms with Gasteiger partial charge in [0.2, 0.25) is 0 Å². The van der Waals surface area contributed by atoms with Crippen LogP contribution < -0.4 is 5.73 Å². The Bertz CT molecular complexity index is 325. The molecule has 0 fully saturated rings. The van der Waals surface area contributed by atoms with Gasteiger partial charge >= 0.3 is 0 Å². The topological polar surface area (TPSA) is 42.4 Å². The Balaban J connectivity index is 2.58. The lowest BCUT2D eigenvalue weighted by Gasteiger charge is -2.22. The van der Waals surface area contributed by atoms with Crippen molar-refractivity contribution >= 4 is 11.8 Å². The molecule has 0 amide bonds. The van der Waals surface area contributed by atoms with Gasteiger partial charge in [-0.3, -0.25) is 4.90 Å². The van der Waals surface area contributed by atoms with Crippen molar-refractivity contribution in [3.63, 3.8) is 0 Å². The first kappa shape index (κ1) is 13.6. The average molecular weight is 242 g/mol. The lowest BCUT2D eigenvalue weighted by molar-refractivity contribution is 0.245. The summed E-state index contributed by atoms with van der Waals surface area (Å²) >= 11 is 1.87. The molecular weight excluding hydrogens is 220 g/mol. The molecule has 0 saturated carbocycles. The van der Waals surface area contributed by atoms with Crippen molar-refractivity contribution in [2.24, 2.45) is 5.73 Å². The Morgan fingerprint density at radius 3 is 2.75 bits per heavy atom. The molecule has 1 aromatic rings. The van der Waals surface area contributed by atoms with E-state index < -0.39 is 0 Å². The third kappa shape index (κ3) is 3.54. The molecule has 16 heavy (non-hydrogen) atoms. The number of nitrogens with two attached hydrogens (primary N) is 1. The predicted molar refractivity (Wildman–Crippen MR) is 70.6 cm³/mol. The van der Waals surface area contributed by atoms with Crippen LogP contribution in [-0.2, 0) is 13.1 Å². The molecule has 1 aromatic heterocycles. The van der Waals surface area contributed by atoms with Crippen LogP contribution in [0, 0.1) is 6.92 Å². The van der Waals surface area contributed by atoms with E-state index in [1.807, 2.05) is 18.7 Å². The number of furan rings is 1. The number of rotatable bonds is 6. The first-order chi connectivity index (χ1) is 7.58. The lowest BCUT2D eigenvalue weighted by atomic mass is 10.2. The molecule has 0 saturated heterocycles. The highest BCUT2D eigenvalue weighted by Gasteiger charge is 2.12. The van der Waals surface area contributed by atoms with Gasteiger partial charge in [-0.1, -0.05) is 0 Å². The zero-order chi connectivity index (χ0) is 12.1. The van der Waals surface area contributed by atoms with Gasteiger partial charge in [0, 0.05) is 23.9 Å². The minimum Gasteiger partial charge on any atom is -0.465 e. The molecule has 2 N–H and O–H groups in total. The molecular formula is C12H22N2OS. The number of hydrogen-bond donors (Lipinski definition) is 1. The summed E-state index contributed by atoms with van der Waals surface area (Å²) < 4.78 is 5.68. The zero-order valence-corrected chi connectivity index (χ0v) is 11.4. The Morgan fingerprint density at radius 1 is 1.56 bits per heavy atom. The standard InChI is InChI=1S/C12H22N2OS/c1-9(8-16-4)14(3)7-12-5-11(6-13)10(2)15-12/h5,9H,6-8,13H2,1-4H3. The maximum absolute atomic E-state index is 5.68. The van der Waals surface area contributed by atoms with E-state index in [2.05, 4.69) is 31.2 Å². The highest BCUT2D eigenvalue weighted by Crippen LogP contribution is 2.16. The van der Waals surface area contributed by atoms with Crippen LogP contribution in [0.25, 0.3) is 0 Å². The third-order valence-electron chi connectivity index (χ3n) is 2.86. The maximum atomic E-state index is 5.68. The zero-order valence-electron chi connectivity index (χ0n) is 10.6. The monoisotopic (exact) mass is 242 g/mol. The molecule has 1 atom stereocenters. The van der Waals surface area contributed by atoms with Gasteiger partial charge in [-0.15, -0.1) is 0 Å². The van der Waals surface area contributed by atoms with Gasteiger partial charge in [-0.05, 0) is 33.2 Å². The minimum absolute atomic E-state index is 0.555. The molecule has 0 bridgehead atoms. The summed E-state index contributed by atoms with van der Waals surface area (Å²) in [6.45, 7) is 5.61. The quantitative estimate of drug-likeness (QED) is 0.830. The molecule has 92 valence electrons. The Kier molecular flexibility index (Phi) is 5.38. The second-order valence-corrected chi connectivity index (χ2v) is 5.13. The van der Waals surface area contributed by atoms with Crippen LogP contribution in [0.3, 0.4) is 0 Å². The van der Waals surface area contributed by atoms with Crippen LogP contribution >= 0.6 is 11.8 Å². The SMILES string of the molecule is CSCC(C)N(C)Cc1cc(CN)c(C)o1. The number of thioether (sulfide) groups is 1. The van der Waals surface area contributed by atoms with Gasteiger partial charge in [-0.25, -0.2) is 0 Å². The van der Waals surface area contributed by atoms with E-state index in [0.717, 1.165) is 29.4 Å². The molecule has 0 aliphatic rings. The van der Waals surface area contributed by atoms with Gasteiger partial charge in [0.05, 0.1) is 6.54 Å². The number of hydrogen-bond acceptors (Lipinski definition) is 4. The summed E-state index contributed by atoms with van der Waals surface area (Å²) in [5.74, 6) is 3.09. The van der Waals surface area contributed by atoms with Crippen molar-refractivity contribution in [1.82, 2.24) is 4.90 Å². The molecule has 1 rings (SSSR count). The van der Waals surface area contributed by atoms with Crippen molar-refractivity contribution in [2.75, 3.05) is 19.1 Å². The van der Waals surface area contributed by atoms with Crippen molar-refractivity contribution in [3.05, 3.63) is 23.2 Å². The van der Waals surface area contributed by atoms with Crippen molar-refractivity contribution in [1.29, 1.82) is 0 Å². The van der Waals surface area contributed by atoms with E-state index in [1.54, 1.807) is 0 Å². The number of nitrogens with zero attached hydrogens (tertiary/aromatic N) is 1. The molecule has 0 spiro atoms. The van der Waals surface area contributed by atoms with E-state index in [9.17, 15) is 0 Å². The molecule has 0 aliphatic heterocycles. The summed E-state index contributed by atoms with van der Waals surface area (Å²) in [7, 11) is 2.13. The summed E-state index contributed by atoms with van der Waals surface area (Å²) in [5, 5.41) is 0. The second kappa shape index (κ2) is 6.33. The largest absolute Gasteiger partial charge is 0.465 e. The molecule has 1 heterocycles. The average Bonchev–Trinajstić information content (AvgIpc) is 2.59. The summed E-state index contributed by atoms with van der Waals surface area (Å²) in [6.07, 6.45) is 2.13. The van der Waals surface area contributed by atoms with Gasteiger partial charge in [0.15, 0.2) is 0 Å². The second-order valence-electron chi connectivity index (χ2n) is 4.22. The Morgan fingerprint density at radius 2 is 2.25 bits per heavy atom. The van der Waals surface area contributed by atoms with Crippen LogP contribution in [-0.4, -0.2) is 30.0 Å². The number of aryl methyl sites for hydroxylation is 1. The van der Waals surface area contributed by atoms with Gasteiger partial charge < -0.3 is 10.2 Å². The predicted octanol–water partition coefficient (Wildman–Crippen LogP) is 2.23. The van der Waals surface area contributed by atoms with Crippen LogP contribution in [0.5, 0.6) is 0 Å². The van der Waals surface area contributed by atoms with Crippen LogP contribution in [0.4, 0.5) is 0 Å². The van der Waals surface area contributed by atoms with E-state index in [4.69, 9.17) is 10.2 Å². The summed E-state index contributed by atoms with van der Waals surface area (Å²) in [5.41, 5.74) is 6.74. The van der Waals surface area contributed by atoms with Crippen molar-refractivity contribution in [2.45, 2.75) is 33.0 Å². The van der Waals surface area contributed by atoms with Crippen LogP contribution in [0.1, 0.15) is 24.0 Å². The fourth-order valence-corrected chi connectivity index (χ4v) is 2.38. The third-order valence-corrected chi connectivity index (χ3v) is 3.67. The minimum atomic E-state index is 0.555. The van der Waals surface area contributed by atoms with Gasteiger partial charge in [0.25, 0.3) is 0 Å². The van der Waals surface area contributed by atoms with Crippen molar-refractivity contribution in [3.8, 4) is 0 Å². The highest BCUT2D eigenvalue weighted by atomic mass is 32.2. The fourth-order valence-electron chi connectivity index (χ4n) is 1.64. The lowest BCUT2D eigenvalue weighted by Crippen LogP contribution is -2.30. The molecule has 0 aromatic carbocycles. The first-order valence-electron chi connectivity index (χ1n) is 5.56. The normalized spacial score (nSPS) is 13.4. The maximum Gasteiger partial charge on any atom is 0.118 e. The first-order valence-corrected chi connectivity index (χ1v) is 6.95. The molecule has 0 radical (unpaired) electrons. The summed E-state index contributed by atoms with van der Waals surface area (Å²) in [4.78, 5) is 2.30.